The van der Waals surface area contributed by atoms with E-state index in [0.717, 1.165) is 0 Å². The quantitative estimate of drug-likeness (QED) is 0.140. The van der Waals surface area contributed by atoms with Crippen molar-refractivity contribution >= 4 is 11.9 Å². The van der Waals surface area contributed by atoms with Crippen molar-refractivity contribution in [3.63, 3.8) is 0 Å². The topological polar surface area (TPSA) is 196 Å². The Kier molecular flexibility index (Phi) is 12.1. The SMILES string of the molecule is O=C(O)CN(CCOCCOCCO[C@H]1C(O)O[C@H](CO)[C@@H](O)[C@@H]1O)CC(=O)O. The minimum absolute atomic E-state index is 0.0103. The van der Waals surface area contributed by atoms with E-state index >= 15 is 0 Å². The summed E-state index contributed by atoms with van der Waals surface area (Å²) in [6, 6.07) is 0. The molecule has 1 fully saturated rings. The van der Waals surface area contributed by atoms with Gasteiger partial charge in [0.25, 0.3) is 0 Å². The Labute approximate surface area is 167 Å². The Hall–Kier alpha value is -1.42. The molecule has 0 bridgehead atoms. The molecular weight excluding hydrogens is 398 g/mol. The summed E-state index contributed by atoms with van der Waals surface area (Å²) in [6.07, 6.45) is -6.63. The van der Waals surface area contributed by atoms with Crippen molar-refractivity contribution in [2.24, 2.45) is 0 Å². The van der Waals surface area contributed by atoms with Crippen molar-refractivity contribution in [3.8, 4) is 0 Å². The highest BCUT2D eigenvalue weighted by atomic mass is 16.7. The molecule has 29 heavy (non-hydrogen) atoms. The van der Waals surface area contributed by atoms with E-state index in [-0.39, 0.29) is 39.6 Å². The maximum absolute atomic E-state index is 10.7. The molecule has 0 spiro atoms. The Morgan fingerprint density at radius 3 is 1.97 bits per heavy atom. The Morgan fingerprint density at radius 1 is 0.862 bits per heavy atom. The van der Waals surface area contributed by atoms with Crippen molar-refractivity contribution in [2.45, 2.75) is 30.7 Å². The summed E-state index contributed by atoms with van der Waals surface area (Å²) in [6.45, 7) is -0.647. The van der Waals surface area contributed by atoms with Crippen LogP contribution in [0.2, 0.25) is 0 Å². The lowest BCUT2D eigenvalue weighted by Gasteiger charge is -2.39. The number of carboxylic acids is 2. The first-order valence-corrected chi connectivity index (χ1v) is 8.99. The van der Waals surface area contributed by atoms with Crippen LogP contribution in [0, 0.1) is 0 Å². The summed E-state index contributed by atoms with van der Waals surface area (Å²) in [7, 11) is 0. The molecule has 0 radical (unpaired) electrons. The fraction of sp³-hybridized carbons (Fsp3) is 0.875. The number of aliphatic carboxylic acids is 2. The smallest absolute Gasteiger partial charge is 0.317 e. The van der Waals surface area contributed by atoms with Crippen LogP contribution in [0.15, 0.2) is 0 Å². The molecule has 0 aliphatic carbocycles. The van der Waals surface area contributed by atoms with Crippen LogP contribution in [-0.4, -0.2) is 137 Å². The number of hydrogen-bond acceptors (Lipinski definition) is 11. The van der Waals surface area contributed by atoms with E-state index in [1.165, 1.54) is 4.90 Å². The van der Waals surface area contributed by atoms with Gasteiger partial charge in [-0.2, -0.15) is 0 Å². The molecule has 0 aromatic carbocycles. The predicted molar refractivity (Wildman–Crippen MR) is 93.1 cm³/mol. The second-order valence-corrected chi connectivity index (χ2v) is 6.29. The average Bonchev–Trinajstić information content (AvgIpc) is 2.64. The molecule has 0 aromatic heterocycles. The number of hydrogen-bond donors (Lipinski definition) is 6. The van der Waals surface area contributed by atoms with Gasteiger partial charge in [-0.05, 0) is 0 Å². The highest BCUT2D eigenvalue weighted by Crippen LogP contribution is 2.21. The first-order valence-electron chi connectivity index (χ1n) is 8.99. The van der Waals surface area contributed by atoms with Crippen molar-refractivity contribution < 1.29 is 59.2 Å². The maximum atomic E-state index is 10.7. The van der Waals surface area contributed by atoms with Crippen molar-refractivity contribution in [3.05, 3.63) is 0 Å². The molecule has 1 unspecified atom stereocenters. The molecule has 5 atom stereocenters. The van der Waals surface area contributed by atoms with Crippen molar-refractivity contribution in [2.75, 3.05) is 59.3 Å². The first kappa shape index (κ1) is 25.6. The largest absolute Gasteiger partial charge is 0.480 e. The minimum Gasteiger partial charge on any atom is -0.480 e. The van der Waals surface area contributed by atoms with Gasteiger partial charge in [0.15, 0.2) is 6.29 Å². The normalized spacial score (nSPS) is 27.3. The molecule has 170 valence electrons. The zero-order chi connectivity index (χ0) is 21.8. The Bertz CT molecular complexity index is 477. The summed E-state index contributed by atoms with van der Waals surface area (Å²) in [4.78, 5) is 22.5. The van der Waals surface area contributed by atoms with Crippen LogP contribution < -0.4 is 0 Å². The molecule has 1 aliphatic rings. The van der Waals surface area contributed by atoms with Crippen molar-refractivity contribution in [1.82, 2.24) is 4.90 Å². The van der Waals surface area contributed by atoms with Crippen LogP contribution in [-0.2, 0) is 28.5 Å². The van der Waals surface area contributed by atoms with Gasteiger partial charge in [0.05, 0.1) is 52.7 Å². The van der Waals surface area contributed by atoms with Gasteiger partial charge < -0.3 is 49.6 Å². The second-order valence-electron chi connectivity index (χ2n) is 6.29. The lowest BCUT2D eigenvalue weighted by molar-refractivity contribution is -0.297. The summed E-state index contributed by atoms with van der Waals surface area (Å²) < 4.78 is 20.7. The monoisotopic (exact) mass is 427 g/mol. The molecule has 1 aliphatic heterocycles. The summed E-state index contributed by atoms with van der Waals surface area (Å²) in [5, 5.41) is 55.8. The highest BCUT2D eigenvalue weighted by Gasteiger charge is 2.44. The summed E-state index contributed by atoms with van der Waals surface area (Å²) >= 11 is 0. The molecule has 0 amide bonds. The van der Waals surface area contributed by atoms with E-state index in [9.17, 15) is 24.9 Å². The number of carboxylic acid groups (broad SMARTS) is 2. The lowest BCUT2D eigenvalue weighted by Crippen LogP contribution is -2.59. The highest BCUT2D eigenvalue weighted by molar-refractivity contribution is 5.72. The number of aliphatic hydroxyl groups is 4. The zero-order valence-corrected chi connectivity index (χ0v) is 15.8. The van der Waals surface area contributed by atoms with Gasteiger partial charge in [-0.3, -0.25) is 14.5 Å². The van der Waals surface area contributed by atoms with Gasteiger partial charge in [0.2, 0.25) is 0 Å². The van der Waals surface area contributed by atoms with Gasteiger partial charge >= 0.3 is 11.9 Å². The molecule has 13 heteroatoms. The van der Waals surface area contributed by atoms with Crippen LogP contribution in [0.3, 0.4) is 0 Å². The van der Waals surface area contributed by atoms with Crippen LogP contribution in [0.5, 0.6) is 0 Å². The fourth-order valence-corrected chi connectivity index (χ4v) is 2.61. The maximum Gasteiger partial charge on any atom is 0.317 e. The van der Waals surface area contributed by atoms with Crippen LogP contribution in [0.1, 0.15) is 0 Å². The third-order valence-corrected chi connectivity index (χ3v) is 4.02. The Balaban J connectivity index is 2.11. The number of carbonyl (C=O) groups is 2. The summed E-state index contributed by atoms with van der Waals surface area (Å²) in [5.74, 6) is -2.26. The number of aliphatic hydroxyl groups excluding tert-OH is 4. The molecule has 1 heterocycles. The molecule has 0 aromatic rings. The molecule has 13 nitrogen and oxygen atoms in total. The van der Waals surface area contributed by atoms with Crippen LogP contribution in [0.25, 0.3) is 0 Å². The van der Waals surface area contributed by atoms with Gasteiger partial charge in [-0.25, -0.2) is 0 Å². The van der Waals surface area contributed by atoms with E-state index in [0.29, 0.717) is 0 Å². The van der Waals surface area contributed by atoms with Gasteiger partial charge in [-0.15, -0.1) is 0 Å². The first-order chi connectivity index (χ1) is 13.8. The van der Waals surface area contributed by atoms with Gasteiger partial charge in [-0.1, -0.05) is 0 Å². The Morgan fingerprint density at radius 2 is 1.41 bits per heavy atom. The summed E-state index contributed by atoms with van der Waals surface area (Å²) in [5.41, 5.74) is 0. The fourth-order valence-electron chi connectivity index (χ4n) is 2.61. The van der Waals surface area contributed by atoms with E-state index in [2.05, 4.69) is 0 Å². The minimum atomic E-state index is -1.51. The molecular formula is C16H29NO12. The van der Waals surface area contributed by atoms with Crippen LogP contribution in [0.4, 0.5) is 0 Å². The van der Waals surface area contributed by atoms with E-state index in [1.54, 1.807) is 0 Å². The van der Waals surface area contributed by atoms with E-state index in [4.69, 9.17) is 34.3 Å². The molecule has 6 N–H and O–H groups in total. The van der Waals surface area contributed by atoms with Gasteiger partial charge in [0.1, 0.15) is 24.4 Å². The number of nitrogens with zero attached hydrogens (tertiary/aromatic N) is 1. The van der Waals surface area contributed by atoms with Crippen molar-refractivity contribution in [1.29, 1.82) is 0 Å². The number of rotatable bonds is 15. The van der Waals surface area contributed by atoms with Gasteiger partial charge in [0, 0.05) is 6.54 Å². The second kappa shape index (κ2) is 13.7. The lowest BCUT2D eigenvalue weighted by atomic mass is 9.99. The van der Waals surface area contributed by atoms with E-state index < -0.39 is 62.3 Å². The number of ether oxygens (including phenoxy) is 4. The zero-order valence-electron chi connectivity index (χ0n) is 15.8. The molecule has 1 rings (SSSR count). The van der Waals surface area contributed by atoms with Crippen LogP contribution >= 0.6 is 0 Å². The molecule has 1 saturated heterocycles. The average molecular weight is 427 g/mol. The molecule has 0 saturated carbocycles. The third-order valence-electron chi connectivity index (χ3n) is 4.02. The predicted octanol–water partition coefficient (Wildman–Crippen LogP) is -3.69. The van der Waals surface area contributed by atoms with E-state index in [1.807, 2.05) is 0 Å². The third kappa shape index (κ3) is 9.75. The standard InChI is InChI=1S/C16H29NO12/c18-9-10-13(23)14(24)15(16(25)29-10)28-6-5-27-4-3-26-2-1-17(7-11(19)20)8-12(21)22/h10,13-16,18,23-25H,1-9H2,(H,19,20)(H,21,22)/t10-,13-,14+,15-,16?/m1/s1.